The molecule has 28 heavy (non-hydrogen) atoms. The molecule has 0 atom stereocenters. The first-order valence-corrected chi connectivity index (χ1v) is 10.2. The normalized spacial score (nSPS) is 19.3. The lowest BCUT2D eigenvalue weighted by molar-refractivity contribution is -0.124. The lowest BCUT2D eigenvalue weighted by Gasteiger charge is -2.37. The van der Waals surface area contributed by atoms with Crippen LogP contribution in [-0.2, 0) is 11.2 Å². The number of nitrogens with one attached hydrogen (secondary N) is 1. The summed E-state index contributed by atoms with van der Waals surface area (Å²) in [6.07, 6.45) is 11.0. The van der Waals surface area contributed by atoms with Crippen molar-refractivity contribution < 1.29 is 4.79 Å². The third-order valence-electron chi connectivity index (χ3n) is 6.14. The quantitative estimate of drug-likeness (QED) is 0.721. The Hall–Kier alpha value is -1.11. The van der Waals surface area contributed by atoms with Gasteiger partial charge >= 0.3 is 0 Å². The Morgan fingerprint density at radius 3 is 2.50 bits per heavy atom. The highest BCUT2D eigenvalue weighted by molar-refractivity contribution is 5.85. The topological polar surface area (TPSA) is 84.1 Å². The van der Waals surface area contributed by atoms with Gasteiger partial charge in [-0.25, -0.2) is 9.97 Å². The van der Waals surface area contributed by atoms with E-state index < -0.39 is 0 Å². The molecule has 1 saturated carbocycles. The summed E-state index contributed by atoms with van der Waals surface area (Å²) >= 11 is 0. The Labute approximate surface area is 181 Å². The van der Waals surface area contributed by atoms with E-state index in [0.717, 1.165) is 56.7 Å². The number of nitrogens with zero attached hydrogens (tertiary/aromatic N) is 3. The maximum atomic E-state index is 12.6. The molecule has 1 saturated heterocycles. The number of hydrogen-bond donors (Lipinski definition) is 2. The van der Waals surface area contributed by atoms with Gasteiger partial charge < -0.3 is 16.0 Å². The van der Waals surface area contributed by atoms with Gasteiger partial charge in [-0.3, -0.25) is 4.79 Å². The Bertz CT molecular complexity index is 602. The number of rotatable bonds is 6. The van der Waals surface area contributed by atoms with Crippen LogP contribution in [0.4, 0.5) is 5.82 Å². The van der Waals surface area contributed by atoms with Crippen molar-refractivity contribution in [1.82, 2.24) is 15.3 Å². The predicted molar refractivity (Wildman–Crippen MR) is 118 cm³/mol. The Morgan fingerprint density at radius 1 is 1.21 bits per heavy atom. The molecule has 3 rings (SSSR count). The van der Waals surface area contributed by atoms with E-state index >= 15 is 0 Å². The molecular formula is C20H35Cl2N5O. The molecule has 2 fully saturated rings. The summed E-state index contributed by atoms with van der Waals surface area (Å²) in [6, 6.07) is 2.34. The van der Waals surface area contributed by atoms with Crippen LogP contribution in [0.1, 0.15) is 64.0 Å². The number of amides is 1. The molecule has 2 aliphatic rings. The van der Waals surface area contributed by atoms with Gasteiger partial charge in [-0.2, -0.15) is 0 Å². The summed E-state index contributed by atoms with van der Waals surface area (Å²) in [6.45, 7) is 4.58. The van der Waals surface area contributed by atoms with Crippen molar-refractivity contribution in [2.45, 2.75) is 70.8 Å². The average Bonchev–Trinajstić information content (AvgIpc) is 2.69. The second kappa shape index (κ2) is 11.8. The van der Waals surface area contributed by atoms with Crippen molar-refractivity contribution in [3.05, 3.63) is 18.1 Å². The predicted octanol–water partition coefficient (Wildman–Crippen LogP) is 3.27. The lowest BCUT2D eigenvalue weighted by Crippen LogP contribution is -2.47. The standard InChI is InChI=1S/C20H33N5O.2ClH/c1-2-16-12-18(23-15-22-16)25-10-6-17(7-11-25)24-19(26)13-20(14-21)8-4-3-5-9-20;;/h12,15,17H,2-11,13-14,21H2,1H3,(H,24,26);2*1H. The third kappa shape index (κ3) is 6.46. The molecule has 2 heterocycles. The van der Waals surface area contributed by atoms with Crippen molar-refractivity contribution in [3.8, 4) is 0 Å². The zero-order valence-corrected chi connectivity index (χ0v) is 18.5. The molecule has 6 nitrogen and oxygen atoms in total. The summed E-state index contributed by atoms with van der Waals surface area (Å²) in [4.78, 5) is 23.6. The number of carbonyl (C=O) groups is 1. The molecule has 0 radical (unpaired) electrons. The van der Waals surface area contributed by atoms with Crippen molar-refractivity contribution in [2.75, 3.05) is 24.5 Å². The van der Waals surface area contributed by atoms with Gasteiger partial charge in [0.1, 0.15) is 12.1 Å². The van der Waals surface area contributed by atoms with E-state index in [0.29, 0.717) is 13.0 Å². The van der Waals surface area contributed by atoms with E-state index in [2.05, 4.69) is 33.2 Å². The van der Waals surface area contributed by atoms with Crippen molar-refractivity contribution in [3.63, 3.8) is 0 Å². The molecule has 1 aliphatic heterocycles. The molecule has 0 aromatic carbocycles. The maximum absolute atomic E-state index is 12.6. The van der Waals surface area contributed by atoms with E-state index in [4.69, 9.17) is 5.73 Å². The molecule has 1 aliphatic carbocycles. The van der Waals surface area contributed by atoms with E-state index in [1.807, 2.05) is 0 Å². The maximum Gasteiger partial charge on any atom is 0.220 e. The van der Waals surface area contributed by atoms with Crippen LogP contribution in [0.15, 0.2) is 12.4 Å². The van der Waals surface area contributed by atoms with Crippen molar-refractivity contribution >= 4 is 36.5 Å². The zero-order valence-electron chi connectivity index (χ0n) is 16.9. The summed E-state index contributed by atoms with van der Waals surface area (Å²) in [5, 5.41) is 3.27. The molecule has 3 N–H and O–H groups in total. The number of anilines is 1. The first kappa shape index (κ1) is 24.9. The number of aryl methyl sites for hydroxylation is 1. The van der Waals surface area contributed by atoms with Crippen LogP contribution in [0.2, 0.25) is 0 Å². The van der Waals surface area contributed by atoms with Crippen LogP contribution in [0.3, 0.4) is 0 Å². The summed E-state index contributed by atoms with van der Waals surface area (Å²) < 4.78 is 0. The Balaban J connectivity index is 0.00000196. The number of carbonyl (C=O) groups excluding carboxylic acids is 1. The minimum atomic E-state index is 0. The fraction of sp³-hybridized carbons (Fsp3) is 0.750. The highest BCUT2D eigenvalue weighted by Gasteiger charge is 2.33. The number of halogens is 2. The highest BCUT2D eigenvalue weighted by atomic mass is 35.5. The zero-order chi connectivity index (χ0) is 18.4. The molecular weight excluding hydrogens is 397 g/mol. The van der Waals surface area contributed by atoms with Gasteiger partial charge in [0.2, 0.25) is 5.91 Å². The van der Waals surface area contributed by atoms with Crippen LogP contribution in [0.25, 0.3) is 0 Å². The molecule has 0 spiro atoms. The van der Waals surface area contributed by atoms with Crippen LogP contribution in [-0.4, -0.2) is 41.6 Å². The first-order chi connectivity index (χ1) is 12.6. The highest BCUT2D eigenvalue weighted by Crippen LogP contribution is 2.38. The second-order valence-electron chi connectivity index (χ2n) is 7.99. The number of hydrogen-bond acceptors (Lipinski definition) is 5. The van der Waals surface area contributed by atoms with Gasteiger partial charge in [-0.05, 0) is 44.1 Å². The molecule has 0 unspecified atom stereocenters. The second-order valence-corrected chi connectivity index (χ2v) is 7.99. The lowest BCUT2D eigenvalue weighted by atomic mass is 9.71. The van der Waals surface area contributed by atoms with Gasteiger partial charge in [0.25, 0.3) is 0 Å². The average molecular weight is 432 g/mol. The van der Waals surface area contributed by atoms with Crippen LogP contribution in [0.5, 0.6) is 0 Å². The molecule has 0 bridgehead atoms. The van der Waals surface area contributed by atoms with E-state index in [9.17, 15) is 4.79 Å². The monoisotopic (exact) mass is 431 g/mol. The van der Waals surface area contributed by atoms with Crippen molar-refractivity contribution in [2.24, 2.45) is 11.1 Å². The summed E-state index contributed by atoms with van der Waals surface area (Å²) in [5.74, 6) is 1.19. The molecule has 1 amide bonds. The first-order valence-electron chi connectivity index (χ1n) is 10.2. The Morgan fingerprint density at radius 2 is 1.89 bits per heavy atom. The SMILES string of the molecule is CCc1cc(N2CCC(NC(=O)CC3(CN)CCCCC3)CC2)ncn1.Cl.Cl. The minimum Gasteiger partial charge on any atom is -0.356 e. The van der Waals surface area contributed by atoms with Gasteiger partial charge in [0.15, 0.2) is 0 Å². The van der Waals surface area contributed by atoms with E-state index in [-0.39, 0.29) is 42.2 Å². The van der Waals surface area contributed by atoms with E-state index in [1.165, 1.54) is 19.3 Å². The van der Waals surface area contributed by atoms with E-state index in [1.54, 1.807) is 6.33 Å². The molecule has 8 heteroatoms. The van der Waals surface area contributed by atoms with Crippen molar-refractivity contribution in [1.29, 1.82) is 0 Å². The van der Waals surface area contributed by atoms with Crippen LogP contribution < -0.4 is 16.0 Å². The third-order valence-corrected chi connectivity index (χ3v) is 6.14. The molecule has 1 aromatic heterocycles. The minimum absolute atomic E-state index is 0. The number of piperidine rings is 1. The van der Waals surface area contributed by atoms with Gasteiger partial charge in [-0.1, -0.05) is 26.2 Å². The van der Waals surface area contributed by atoms with Crippen LogP contribution >= 0.6 is 24.8 Å². The summed E-state index contributed by atoms with van der Waals surface area (Å²) in [5.41, 5.74) is 7.14. The van der Waals surface area contributed by atoms with Gasteiger partial charge in [-0.15, -0.1) is 24.8 Å². The van der Waals surface area contributed by atoms with Gasteiger partial charge in [0, 0.05) is 37.3 Å². The number of aromatic nitrogens is 2. The van der Waals surface area contributed by atoms with Crippen LogP contribution in [0, 0.1) is 5.41 Å². The summed E-state index contributed by atoms with van der Waals surface area (Å²) in [7, 11) is 0. The fourth-order valence-corrected chi connectivity index (χ4v) is 4.38. The fourth-order valence-electron chi connectivity index (χ4n) is 4.38. The van der Waals surface area contributed by atoms with Gasteiger partial charge in [0.05, 0.1) is 0 Å². The largest absolute Gasteiger partial charge is 0.356 e. The molecule has 160 valence electrons. The Kier molecular flexibility index (Phi) is 10.5. The molecule has 1 aromatic rings. The smallest absolute Gasteiger partial charge is 0.220 e. The number of nitrogens with two attached hydrogens (primary N) is 1.